The minimum absolute atomic E-state index is 0.356. The van der Waals surface area contributed by atoms with Crippen LogP contribution in [0.25, 0.3) is 33.0 Å². The van der Waals surface area contributed by atoms with Gasteiger partial charge in [0.25, 0.3) is 11.8 Å². The predicted octanol–water partition coefficient (Wildman–Crippen LogP) is 4.17. The van der Waals surface area contributed by atoms with E-state index >= 15 is 0 Å². The number of hydrogen-bond donors (Lipinski definition) is 2. The second-order valence-corrected chi connectivity index (χ2v) is 9.90. The van der Waals surface area contributed by atoms with E-state index in [1.165, 1.54) is 0 Å². The molecule has 2 aromatic heterocycles. The summed E-state index contributed by atoms with van der Waals surface area (Å²) in [6.45, 7) is 5.32. The molecule has 2 aliphatic heterocycles. The summed E-state index contributed by atoms with van der Waals surface area (Å²) in [6, 6.07) is 13.9. The molecule has 4 aromatic rings. The Morgan fingerprint density at radius 3 is 2.51 bits per heavy atom. The number of nitrogens with one attached hydrogen (secondary N) is 2. The second-order valence-electron chi connectivity index (χ2n) is 8.99. The molecule has 0 aliphatic carbocycles. The lowest BCUT2D eigenvalue weighted by atomic mass is 9.95. The van der Waals surface area contributed by atoms with Crippen LogP contribution < -0.4 is 5.32 Å². The van der Waals surface area contributed by atoms with Crippen molar-refractivity contribution < 1.29 is 14.3 Å². The van der Waals surface area contributed by atoms with Crippen LogP contribution in [0.2, 0.25) is 0 Å². The minimum Gasteiger partial charge on any atom is -0.379 e. The first-order valence-electron chi connectivity index (χ1n) is 11.9. The summed E-state index contributed by atoms with van der Waals surface area (Å²) >= 11 is 3.60. The molecule has 7 nitrogen and oxygen atoms in total. The fourth-order valence-electron chi connectivity index (χ4n) is 5.19. The van der Waals surface area contributed by atoms with Gasteiger partial charge in [-0.3, -0.25) is 19.8 Å². The Morgan fingerprint density at radius 2 is 1.69 bits per heavy atom. The standard InChI is InChI=1S/C27H25BrN4O3/c28-17-6-7-19-21(16-32(23(19)14-17)9-3-8-31-10-12-35-13-11-31)25-24(26(33)30-27(25)34)20-15-29-22-5-2-1-4-18(20)22/h1-2,4-7,14-16,29H,3,8-13H2,(H,30,33,34). The number of rotatable bonds is 6. The molecule has 0 bridgehead atoms. The lowest BCUT2D eigenvalue weighted by Crippen LogP contribution is -2.37. The fourth-order valence-corrected chi connectivity index (χ4v) is 5.54. The first-order chi connectivity index (χ1) is 17.1. The molecule has 1 saturated heterocycles. The van der Waals surface area contributed by atoms with Crippen LogP contribution in [0.4, 0.5) is 0 Å². The van der Waals surface area contributed by atoms with E-state index in [0.29, 0.717) is 11.1 Å². The Bertz CT molecular complexity index is 1490. The van der Waals surface area contributed by atoms with Crippen LogP contribution in [0.3, 0.4) is 0 Å². The number of imide groups is 1. The summed E-state index contributed by atoms with van der Waals surface area (Å²) in [7, 11) is 0. The molecular formula is C27H25BrN4O3. The van der Waals surface area contributed by atoms with E-state index in [1.807, 2.05) is 48.8 Å². The average Bonchev–Trinajstić information content (AvgIpc) is 3.52. The lowest BCUT2D eigenvalue weighted by Gasteiger charge is -2.26. The van der Waals surface area contributed by atoms with E-state index in [9.17, 15) is 9.59 Å². The molecule has 178 valence electrons. The number of carbonyl (C=O) groups is 2. The number of carbonyl (C=O) groups excluding carboxylic acids is 2. The van der Waals surface area contributed by atoms with Crippen LogP contribution in [0.5, 0.6) is 0 Å². The third kappa shape index (κ3) is 4.01. The number of amides is 2. The number of para-hydroxylation sites is 1. The molecule has 0 unspecified atom stereocenters. The Hall–Kier alpha value is -3.20. The Kier molecular flexibility index (Phi) is 5.80. The van der Waals surface area contributed by atoms with Gasteiger partial charge in [0.15, 0.2) is 0 Å². The summed E-state index contributed by atoms with van der Waals surface area (Å²) in [5.41, 5.74) is 4.33. The third-order valence-electron chi connectivity index (χ3n) is 6.88. The quantitative estimate of drug-likeness (QED) is 0.365. The maximum Gasteiger partial charge on any atom is 0.259 e. The second kappa shape index (κ2) is 9.11. The highest BCUT2D eigenvalue weighted by Crippen LogP contribution is 2.38. The number of morpholine rings is 1. The molecule has 1 fully saturated rings. The van der Waals surface area contributed by atoms with Crippen molar-refractivity contribution in [2.75, 3.05) is 32.8 Å². The molecule has 2 aromatic carbocycles. The van der Waals surface area contributed by atoms with Gasteiger partial charge < -0.3 is 14.3 Å². The molecule has 35 heavy (non-hydrogen) atoms. The van der Waals surface area contributed by atoms with E-state index in [0.717, 1.165) is 83.2 Å². The molecule has 0 saturated carbocycles. The Balaban J connectivity index is 1.44. The summed E-state index contributed by atoms with van der Waals surface area (Å²) in [6.07, 6.45) is 4.82. The molecule has 2 N–H and O–H groups in total. The fraction of sp³-hybridized carbons (Fsp3) is 0.259. The molecule has 0 spiro atoms. The number of fused-ring (bicyclic) bond motifs is 2. The highest BCUT2D eigenvalue weighted by molar-refractivity contribution is 9.10. The van der Waals surface area contributed by atoms with E-state index in [4.69, 9.17) is 4.74 Å². The maximum atomic E-state index is 13.1. The van der Waals surface area contributed by atoms with Gasteiger partial charge in [-0.1, -0.05) is 40.2 Å². The first kappa shape index (κ1) is 22.3. The molecule has 2 amide bonds. The van der Waals surface area contributed by atoms with Crippen LogP contribution in [0.1, 0.15) is 17.5 Å². The molecule has 4 heterocycles. The van der Waals surface area contributed by atoms with Crippen molar-refractivity contribution in [3.05, 3.63) is 70.5 Å². The van der Waals surface area contributed by atoms with Crippen LogP contribution in [-0.2, 0) is 20.9 Å². The van der Waals surface area contributed by atoms with Crippen molar-refractivity contribution >= 4 is 60.7 Å². The molecule has 0 radical (unpaired) electrons. The van der Waals surface area contributed by atoms with Crippen molar-refractivity contribution in [3.63, 3.8) is 0 Å². The van der Waals surface area contributed by atoms with E-state index < -0.39 is 0 Å². The highest BCUT2D eigenvalue weighted by Gasteiger charge is 2.35. The third-order valence-corrected chi connectivity index (χ3v) is 7.37. The van der Waals surface area contributed by atoms with Crippen LogP contribution in [0.15, 0.2) is 59.3 Å². The van der Waals surface area contributed by atoms with Gasteiger partial charge in [-0.05, 0) is 24.6 Å². The molecule has 8 heteroatoms. The highest BCUT2D eigenvalue weighted by atomic mass is 79.9. The van der Waals surface area contributed by atoms with E-state index in [1.54, 1.807) is 0 Å². The summed E-state index contributed by atoms with van der Waals surface area (Å²) in [5.74, 6) is -0.717. The van der Waals surface area contributed by atoms with Gasteiger partial charge in [0.05, 0.1) is 24.4 Å². The lowest BCUT2D eigenvalue weighted by molar-refractivity contribution is -0.122. The number of ether oxygens (including phenoxy) is 1. The number of aromatic nitrogens is 2. The summed E-state index contributed by atoms with van der Waals surface area (Å²) in [4.78, 5) is 31.8. The van der Waals surface area contributed by atoms with Crippen LogP contribution >= 0.6 is 15.9 Å². The number of halogens is 1. The monoisotopic (exact) mass is 532 g/mol. The number of H-pyrrole nitrogens is 1. The zero-order valence-corrected chi connectivity index (χ0v) is 20.7. The number of aryl methyl sites for hydroxylation is 1. The number of aromatic amines is 1. The summed E-state index contributed by atoms with van der Waals surface area (Å²) in [5, 5.41) is 4.41. The van der Waals surface area contributed by atoms with Gasteiger partial charge in [0.2, 0.25) is 0 Å². The zero-order chi connectivity index (χ0) is 23.9. The Morgan fingerprint density at radius 1 is 0.914 bits per heavy atom. The van der Waals surface area contributed by atoms with Gasteiger partial charge in [0.1, 0.15) is 0 Å². The van der Waals surface area contributed by atoms with Gasteiger partial charge in [-0.25, -0.2) is 0 Å². The van der Waals surface area contributed by atoms with Crippen molar-refractivity contribution in [2.24, 2.45) is 0 Å². The number of nitrogens with zero attached hydrogens (tertiary/aromatic N) is 2. The van der Waals surface area contributed by atoms with Gasteiger partial charge >= 0.3 is 0 Å². The minimum atomic E-state index is -0.361. The Labute approximate surface area is 210 Å². The number of benzene rings is 2. The van der Waals surface area contributed by atoms with E-state index in [2.05, 4.69) is 41.8 Å². The normalized spacial score (nSPS) is 17.2. The van der Waals surface area contributed by atoms with Crippen molar-refractivity contribution in [1.29, 1.82) is 0 Å². The predicted molar refractivity (Wildman–Crippen MR) is 140 cm³/mol. The molecular weight excluding hydrogens is 508 g/mol. The molecule has 2 aliphatic rings. The smallest absolute Gasteiger partial charge is 0.259 e. The SMILES string of the molecule is O=C1NC(=O)C(c2cn(CCCN3CCOCC3)c3cc(Br)ccc23)=C1c1c[nH]c2ccccc12. The van der Waals surface area contributed by atoms with Crippen LogP contribution in [-0.4, -0.2) is 59.1 Å². The van der Waals surface area contributed by atoms with Crippen molar-refractivity contribution in [1.82, 2.24) is 19.8 Å². The van der Waals surface area contributed by atoms with Crippen molar-refractivity contribution in [2.45, 2.75) is 13.0 Å². The topological polar surface area (TPSA) is 79.4 Å². The average molecular weight is 533 g/mol. The van der Waals surface area contributed by atoms with Gasteiger partial charge in [-0.2, -0.15) is 0 Å². The maximum absolute atomic E-state index is 13.1. The number of hydrogen-bond acceptors (Lipinski definition) is 4. The van der Waals surface area contributed by atoms with Crippen LogP contribution in [0, 0.1) is 0 Å². The van der Waals surface area contributed by atoms with E-state index in [-0.39, 0.29) is 11.8 Å². The first-order valence-corrected chi connectivity index (χ1v) is 12.6. The molecule has 6 rings (SSSR count). The summed E-state index contributed by atoms with van der Waals surface area (Å²) < 4.78 is 8.63. The molecule has 0 atom stereocenters. The largest absolute Gasteiger partial charge is 0.379 e. The van der Waals surface area contributed by atoms with Gasteiger partial charge in [-0.15, -0.1) is 0 Å². The zero-order valence-electron chi connectivity index (χ0n) is 19.1. The van der Waals surface area contributed by atoms with Crippen molar-refractivity contribution in [3.8, 4) is 0 Å². The van der Waals surface area contributed by atoms with Gasteiger partial charge in [0, 0.05) is 76.0 Å².